The minimum Gasteiger partial charge on any atom is -0.478 e. The summed E-state index contributed by atoms with van der Waals surface area (Å²) < 4.78 is 18.3. The number of carbonyl (C=O) groups is 2. The minimum absolute atomic E-state index is 0.0214. The van der Waals surface area contributed by atoms with Gasteiger partial charge in [0.1, 0.15) is 28.1 Å². The average molecular weight is 402 g/mol. The number of halogens is 1. The predicted molar refractivity (Wildman–Crippen MR) is 105 cm³/mol. The Morgan fingerprint density at radius 1 is 1.29 bits per heavy atom. The first-order chi connectivity index (χ1) is 13.0. The number of thiophene rings is 1. The molecular formula is C20H19FN2O4S. The Kier molecular flexibility index (Phi) is 6.21. The summed E-state index contributed by atoms with van der Waals surface area (Å²) in [7, 11) is 0. The molecule has 0 fully saturated rings. The van der Waals surface area contributed by atoms with Crippen molar-refractivity contribution >= 4 is 28.3 Å². The molecule has 0 saturated heterocycles. The van der Waals surface area contributed by atoms with Gasteiger partial charge in [0.25, 0.3) is 0 Å². The second-order valence-electron chi connectivity index (χ2n) is 6.87. The van der Waals surface area contributed by atoms with Gasteiger partial charge < -0.3 is 15.2 Å². The van der Waals surface area contributed by atoms with Crippen LogP contribution >= 0.6 is 11.3 Å². The summed E-state index contributed by atoms with van der Waals surface area (Å²) in [5.41, 5.74) is -0.0805. The Morgan fingerprint density at radius 2 is 1.89 bits per heavy atom. The standard InChI is InChI=1S/C20H19FN2O4S/c1-11-15(12-5-7-14(21)8-6-12)16(18(24)25)17(28-11)23-10-13(9-22)19(26)27-20(2,3)4/h5-8,10,23H,1-4H3,(H,24,25)/b13-10-. The van der Waals surface area contributed by atoms with E-state index in [-0.39, 0.29) is 16.1 Å². The molecule has 1 aromatic heterocycles. The summed E-state index contributed by atoms with van der Waals surface area (Å²) >= 11 is 1.15. The largest absolute Gasteiger partial charge is 0.478 e. The van der Waals surface area contributed by atoms with Crippen LogP contribution in [0.3, 0.4) is 0 Å². The zero-order valence-electron chi connectivity index (χ0n) is 15.8. The molecule has 0 aliphatic rings. The molecule has 0 unspecified atom stereocenters. The van der Waals surface area contributed by atoms with E-state index in [0.717, 1.165) is 17.5 Å². The zero-order valence-corrected chi connectivity index (χ0v) is 16.6. The third-order valence-electron chi connectivity index (χ3n) is 3.52. The summed E-state index contributed by atoms with van der Waals surface area (Å²) in [6.07, 6.45) is 1.13. The highest BCUT2D eigenvalue weighted by Gasteiger charge is 2.24. The molecule has 0 saturated carbocycles. The smallest absolute Gasteiger partial charge is 0.350 e. The van der Waals surface area contributed by atoms with Crippen molar-refractivity contribution in [1.82, 2.24) is 0 Å². The fourth-order valence-electron chi connectivity index (χ4n) is 2.42. The molecule has 0 radical (unpaired) electrons. The van der Waals surface area contributed by atoms with Crippen LogP contribution in [0, 0.1) is 24.1 Å². The van der Waals surface area contributed by atoms with Crippen LogP contribution < -0.4 is 5.32 Å². The first-order valence-corrected chi connectivity index (χ1v) is 9.08. The monoisotopic (exact) mass is 402 g/mol. The molecule has 6 nitrogen and oxygen atoms in total. The Balaban J connectivity index is 2.43. The lowest BCUT2D eigenvalue weighted by Crippen LogP contribution is -2.24. The van der Waals surface area contributed by atoms with E-state index in [0.29, 0.717) is 16.0 Å². The number of ether oxygens (including phenoxy) is 1. The van der Waals surface area contributed by atoms with E-state index in [4.69, 9.17) is 4.74 Å². The Morgan fingerprint density at radius 3 is 2.39 bits per heavy atom. The van der Waals surface area contributed by atoms with E-state index in [1.165, 1.54) is 24.3 Å². The summed E-state index contributed by atoms with van der Waals surface area (Å²) in [4.78, 5) is 24.6. The van der Waals surface area contributed by atoms with Gasteiger partial charge in [-0.25, -0.2) is 14.0 Å². The number of anilines is 1. The molecule has 0 bridgehead atoms. The number of hydrogen-bond acceptors (Lipinski definition) is 6. The Labute approximate surface area is 165 Å². The molecule has 0 amide bonds. The van der Waals surface area contributed by atoms with Crippen molar-refractivity contribution in [2.45, 2.75) is 33.3 Å². The topological polar surface area (TPSA) is 99.4 Å². The van der Waals surface area contributed by atoms with Gasteiger partial charge in [-0.1, -0.05) is 12.1 Å². The summed E-state index contributed by atoms with van der Waals surface area (Å²) in [6.45, 7) is 6.76. The van der Waals surface area contributed by atoms with Gasteiger partial charge in [-0.15, -0.1) is 11.3 Å². The summed E-state index contributed by atoms with van der Waals surface area (Å²) in [5, 5.41) is 21.9. The minimum atomic E-state index is -1.18. The molecule has 0 aliphatic carbocycles. The molecule has 1 heterocycles. The maximum atomic E-state index is 13.2. The van der Waals surface area contributed by atoms with E-state index < -0.39 is 23.4 Å². The van der Waals surface area contributed by atoms with Crippen LogP contribution in [0.5, 0.6) is 0 Å². The molecule has 0 aliphatic heterocycles. The molecule has 0 atom stereocenters. The van der Waals surface area contributed by atoms with Gasteiger partial charge >= 0.3 is 11.9 Å². The van der Waals surface area contributed by atoms with Crippen molar-refractivity contribution in [3.63, 3.8) is 0 Å². The number of esters is 1. The third-order valence-corrected chi connectivity index (χ3v) is 4.55. The van der Waals surface area contributed by atoms with Gasteiger partial charge in [0.2, 0.25) is 0 Å². The normalized spacial score (nSPS) is 11.6. The number of carboxylic acid groups (broad SMARTS) is 1. The van der Waals surface area contributed by atoms with Crippen LogP contribution in [0.15, 0.2) is 36.0 Å². The van der Waals surface area contributed by atoms with Crippen molar-refractivity contribution in [1.29, 1.82) is 5.26 Å². The summed E-state index contributed by atoms with van der Waals surface area (Å²) in [6, 6.07) is 7.24. The van der Waals surface area contributed by atoms with Gasteiger partial charge in [0.05, 0.1) is 0 Å². The summed E-state index contributed by atoms with van der Waals surface area (Å²) in [5.74, 6) is -2.42. The lowest BCUT2D eigenvalue weighted by Gasteiger charge is -2.18. The van der Waals surface area contributed by atoms with Crippen LogP contribution in [0.25, 0.3) is 11.1 Å². The zero-order chi connectivity index (χ0) is 21.1. The maximum absolute atomic E-state index is 13.2. The predicted octanol–water partition coefficient (Wildman–Crippen LogP) is 4.72. The maximum Gasteiger partial charge on any atom is 0.350 e. The second kappa shape index (κ2) is 8.23. The first-order valence-electron chi connectivity index (χ1n) is 8.26. The van der Waals surface area contributed by atoms with E-state index in [9.17, 15) is 24.3 Å². The van der Waals surface area contributed by atoms with E-state index in [2.05, 4.69) is 5.32 Å². The molecule has 146 valence electrons. The van der Waals surface area contributed by atoms with E-state index >= 15 is 0 Å². The fraction of sp³-hybridized carbons (Fsp3) is 0.250. The van der Waals surface area contributed by atoms with Gasteiger partial charge in [-0.3, -0.25) is 0 Å². The van der Waals surface area contributed by atoms with Gasteiger partial charge in [0.15, 0.2) is 5.57 Å². The van der Waals surface area contributed by atoms with Crippen LogP contribution in [-0.4, -0.2) is 22.6 Å². The molecular weight excluding hydrogens is 383 g/mol. The fourth-order valence-corrected chi connectivity index (χ4v) is 3.46. The quantitative estimate of drug-likeness (QED) is 0.426. The van der Waals surface area contributed by atoms with E-state index in [1.54, 1.807) is 33.8 Å². The number of benzene rings is 1. The number of rotatable bonds is 5. The van der Waals surface area contributed by atoms with Crippen molar-refractivity contribution < 1.29 is 23.8 Å². The number of nitrogens with one attached hydrogen (secondary N) is 1. The Bertz CT molecular complexity index is 979. The molecule has 2 aromatic rings. The van der Waals surface area contributed by atoms with Crippen molar-refractivity contribution in [2.24, 2.45) is 0 Å². The molecule has 2 N–H and O–H groups in total. The lowest BCUT2D eigenvalue weighted by atomic mass is 10.0. The van der Waals surface area contributed by atoms with Crippen LogP contribution in [-0.2, 0) is 9.53 Å². The number of carbonyl (C=O) groups excluding carboxylic acids is 1. The molecule has 28 heavy (non-hydrogen) atoms. The number of aromatic carboxylic acids is 1. The van der Waals surface area contributed by atoms with E-state index in [1.807, 2.05) is 0 Å². The third kappa shape index (κ3) is 4.96. The van der Waals surface area contributed by atoms with Crippen LogP contribution in [0.4, 0.5) is 9.39 Å². The van der Waals surface area contributed by atoms with Gasteiger partial charge in [0, 0.05) is 16.6 Å². The SMILES string of the molecule is Cc1sc(N/C=C(/C#N)C(=O)OC(C)(C)C)c(C(=O)O)c1-c1ccc(F)cc1. The van der Waals surface area contributed by atoms with Crippen molar-refractivity contribution in [3.05, 3.63) is 52.3 Å². The number of nitrogens with zero attached hydrogens (tertiary/aromatic N) is 1. The number of carboxylic acids is 1. The number of aryl methyl sites for hydroxylation is 1. The molecule has 0 spiro atoms. The number of hydrogen-bond donors (Lipinski definition) is 2. The van der Waals surface area contributed by atoms with Crippen LogP contribution in [0.2, 0.25) is 0 Å². The van der Waals surface area contributed by atoms with Crippen molar-refractivity contribution in [2.75, 3.05) is 5.32 Å². The average Bonchev–Trinajstić information content (AvgIpc) is 2.91. The highest BCUT2D eigenvalue weighted by Crippen LogP contribution is 2.40. The van der Waals surface area contributed by atoms with Gasteiger partial charge in [-0.05, 0) is 45.4 Å². The first kappa shape index (κ1) is 21.1. The lowest BCUT2D eigenvalue weighted by molar-refractivity contribution is -0.149. The van der Waals surface area contributed by atoms with Crippen LogP contribution in [0.1, 0.15) is 36.0 Å². The molecule has 8 heteroatoms. The highest BCUT2D eigenvalue weighted by molar-refractivity contribution is 7.17. The molecule has 2 rings (SSSR count). The number of nitriles is 1. The van der Waals surface area contributed by atoms with Crippen molar-refractivity contribution in [3.8, 4) is 17.2 Å². The second-order valence-corrected chi connectivity index (χ2v) is 8.09. The highest BCUT2D eigenvalue weighted by atomic mass is 32.1. The Hall–Kier alpha value is -3.18. The van der Waals surface area contributed by atoms with Gasteiger partial charge in [-0.2, -0.15) is 5.26 Å². The molecule has 1 aromatic carbocycles.